The molecule has 26 heavy (non-hydrogen) atoms. The Bertz CT molecular complexity index is 865. The van der Waals surface area contributed by atoms with Crippen LogP contribution in [-0.2, 0) is 11.2 Å². The molecule has 2 heterocycles. The van der Waals surface area contributed by atoms with Crippen molar-refractivity contribution in [3.8, 4) is 16.9 Å². The number of carbonyl (C=O) groups excluding carboxylic acids is 1. The number of benzene rings is 1. The molecular formula is C20H20N2O4. The number of aromatic nitrogens is 1. The molecule has 4 rings (SSSR count). The van der Waals surface area contributed by atoms with Crippen LogP contribution in [0.2, 0.25) is 0 Å². The van der Waals surface area contributed by atoms with Gasteiger partial charge in [0.05, 0.1) is 18.1 Å². The predicted molar refractivity (Wildman–Crippen MR) is 95.1 cm³/mol. The molecule has 0 spiro atoms. The van der Waals surface area contributed by atoms with E-state index in [9.17, 15) is 9.59 Å². The van der Waals surface area contributed by atoms with Gasteiger partial charge in [0, 0.05) is 30.4 Å². The maximum absolute atomic E-state index is 12.5. The zero-order valence-corrected chi connectivity index (χ0v) is 14.3. The first-order valence-corrected chi connectivity index (χ1v) is 8.85. The van der Waals surface area contributed by atoms with Crippen LogP contribution < -0.4 is 10.1 Å². The summed E-state index contributed by atoms with van der Waals surface area (Å²) in [7, 11) is 0. The van der Waals surface area contributed by atoms with Crippen LogP contribution in [0.1, 0.15) is 35.2 Å². The molecule has 0 saturated heterocycles. The molecule has 1 aromatic carbocycles. The summed E-state index contributed by atoms with van der Waals surface area (Å²) in [6.45, 7) is 0.707. The Hall–Kier alpha value is -2.89. The molecule has 2 atom stereocenters. The number of carbonyl (C=O) groups is 2. The predicted octanol–water partition coefficient (Wildman–Crippen LogP) is 2.67. The summed E-state index contributed by atoms with van der Waals surface area (Å²) in [5.41, 5.74) is 3.53. The highest BCUT2D eigenvalue weighted by Gasteiger charge is 2.30. The zero-order valence-electron chi connectivity index (χ0n) is 14.3. The van der Waals surface area contributed by atoms with Gasteiger partial charge in [0.2, 0.25) is 0 Å². The highest BCUT2D eigenvalue weighted by atomic mass is 16.5. The van der Waals surface area contributed by atoms with Crippen LogP contribution in [0, 0.1) is 5.92 Å². The fourth-order valence-electron chi connectivity index (χ4n) is 3.69. The molecule has 1 aliphatic heterocycles. The number of pyridine rings is 1. The van der Waals surface area contributed by atoms with Gasteiger partial charge in [0.15, 0.2) is 0 Å². The molecule has 1 saturated carbocycles. The second kappa shape index (κ2) is 6.78. The van der Waals surface area contributed by atoms with Crippen LogP contribution in [0.4, 0.5) is 0 Å². The standard InChI is InChI=1S/C20H20N2O4/c23-19(22-17-3-1-14(9-17)20(24)25)16-8-15(10-21-11-16)12-2-4-18-13(7-12)5-6-26-18/h2,4,7-8,10-11,14,17H,1,3,5-6,9H2,(H,22,23)(H,24,25)/t14-,17+/m0/s1. The third kappa shape index (κ3) is 3.27. The molecule has 2 aromatic rings. The van der Waals surface area contributed by atoms with Gasteiger partial charge in [0.1, 0.15) is 5.75 Å². The Kier molecular flexibility index (Phi) is 4.32. The van der Waals surface area contributed by atoms with Crippen molar-refractivity contribution in [2.24, 2.45) is 5.92 Å². The fourth-order valence-corrected chi connectivity index (χ4v) is 3.69. The third-order valence-corrected chi connectivity index (χ3v) is 5.14. The van der Waals surface area contributed by atoms with Crippen molar-refractivity contribution in [1.82, 2.24) is 10.3 Å². The van der Waals surface area contributed by atoms with Crippen LogP contribution >= 0.6 is 0 Å². The number of carboxylic acid groups (broad SMARTS) is 1. The van der Waals surface area contributed by atoms with Gasteiger partial charge >= 0.3 is 5.97 Å². The van der Waals surface area contributed by atoms with Crippen molar-refractivity contribution >= 4 is 11.9 Å². The quantitative estimate of drug-likeness (QED) is 0.883. The summed E-state index contributed by atoms with van der Waals surface area (Å²) in [5, 5.41) is 12.0. The maximum atomic E-state index is 12.5. The lowest BCUT2D eigenvalue weighted by molar-refractivity contribution is -0.141. The molecule has 1 fully saturated rings. The lowest BCUT2D eigenvalue weighted by Crippen LogP contribution is -2.33. The number of nitrogens with one attached hydrogen (secondary N) is 1. The lowest BCUT2D eigenvalue weighted by Gasteiger charge is -2.13. The molecule has 1 aromatic heterocycles. The summed E-state index contributed by atoms with van der Waals surface area (Å²) in [6.07, 6.45) is 5.96. The normalized spacial score (nSPS) is 21.1. The summed E-state index contributed by atoms with van der Waals surface area (Å²) in [4.78, 5) is 27.8. The summed E-state index contributed by atoms with van der Waals surface area (Å²) >= 11 is 0. The lowest BCUT2D eigenvalue weighted by atomic mass is 10.0. The number of fused-ring (bicyclic) bond motifs is 1. The number of rotatable bonds is 4. The SMILES string of the molecule is O=C(N[C@@H]1CC[C@H](C(=O)O)C1)c1cncc(-c2ccc3c(c2)CCO3)c1. The monoisotopic (exact) mass is 352 g/mol. The van der Waals surface area contributed by atoms with E-state index in [-0.39, 0.29) is 17.9 Å². The molecule has 6 nitrogen and oxygen atoms in total. The third-order valence-electron chi connectivity index (χ3n) is 5.14. The van der Waals surface area contributed by atoms with Gasteiger partial charge in [-0.25, -0.2) is 0 Å². The number of amides is 1. The number of hydrogen-bond acceptors (Lipinski definition) is 4. The Balaban J connectivity index is 1.49. The molecule has 134 valence electrons. The van der Waals surface area contributed by atoms with E-state index in [1.165, 1.54) is 5.56 Å². The minimum absolute atomic E-state index is 0.0931. The van der Waals surface area contributed by atoms with E-state index < -0.39 is 5.97 Å². The van der Waals surface area contributed by atoms with Gasteiger partial charge < -0.3 is 15.2 Å². The van der Waals surface area contributed by atoms with E-state index in [4.69, 9.17) is 9.84 Å². The van der Waals surface area contributed by atoms with E-state index >= 15 is 0 Å². The molecule has 0 bridgehead atoms. The largest absolute Gasteiger partial charge is 0.493 e. The topological polar surface area (TPSA) is 88.5 Å². The Labute approximate surface area is 151 Å². The summed E-state index contributed by atoms with van der Waals surface area (Å²) < 4.78 is 5.53. The number of nitrogens with zero attached hydrogens (tertiary/aromatic N) is 1. The van der Waals surface area contributed by atoms with Crippen LogP contribution in [0.15, 0.2) is 36.7 Å². The van der Waals surface area contributed by atoms with Crippen LogP contribution in [0.3, 0.4) is 0 Å². The summed E-state index contributed by atoms with van der Waals surface area (Å²) in [5.74, 6) is -0.436. The Morgan fingerprint density at radius 1 is 1.15 bits per heavy atom. The zero-order chi connectivity index (χ0) is 18.1. The molecule has 6 heteroatoms. The van der Waals surface area contributed by atoms with Gasteiger partial charge in [-0.3, -0.25) is 14.6 Å². The first kappa shape index (κ1) is 16.6. The highest BCUT2D eigenvalue weighted by molar-refractivity contribution is 5.95. The van der Waals surface area contributed by atoms with E-state index in [0.717, 1.165) is 23.3 Å². The van der Waals surface area contributed by atoms with Gasteiger partial charge in [0.25, 0.3) is 5.91 Å². The van der Waals surface area contributed by atoms with Crippen molar-refractivity contribution in [3.63, 3.8) is 0 Å². The number of aliphatic carboxylic acids is 1. The Morgan fingerprint density at radius 2 is 2.04 bits per heavy atom. The minimum Gasteiger partial charge on any atom is -0.493 e. The fraction of sp³-hybridized carbons (Fsp3) is 0.350. The Morgan fingerprint density at radius 3 is 2.85 bits per heavy atom. The van der Waals surface area contributed by atoms with E-state index in [1.807, 2.05) is 18.2 Å². The van der Waals surface area contributed by atoms with Gasteiger partial charge in [-0.2, -0.15) is 0 Å². The number of ether oxygens (including phenoxy) is 1. The highest BCUT2D eigenvalue weighted by Crippen LogP contribution is 2.30. The van der Waals surface area contributed by atoms with Gasteiger partial charge in [-0.05, 0) is 48.6 Å². The van der Waals surface area contributed by atoms with Crippen molar-refractivity contribution in [2.45, 2.75) is 31.7 Å². The molecule has 0 radical (unpaired) electrons. The average Bonchev–Trinajstić information content (AvgIpc) is 3.30. The number of carboxylic acids is 1. The molecule has 2 N–H and O–H groups in total. The first-order chi connectivity index (χ1) is 12.6. The van der Waals surface area contributed by atoms with Crippen molar-refractivity contribution in [2.75, 3.05) is 6.61 Å². The van der Waals surface area contributed by atoms with Crippen LogP contribution in [-0.4, -0.2) is 34.6 Å². The average molecular weight is 352 g/mol. The van der Waals surface area contributed by atoms with Crippen LogP contribution in [0.25, 0.3) is 11.1 Å². The molecule has 1 aliphatic carbocycles. The van der Waals surface area contributed by atoms with Crippen molar-refractivity contribution < 1.29 is 19.4 Å². The van der Waals surface area contributed by atoms with Gasteiger partial charge in [-0.15, -0.1) is 0 Å². The second-order valence-corrected chi connectivity index (χ2v) is 6.90. The maximum Gasteiger partial charge on any atom is 0.306 e. The van der Waals surface area contributed by atoms with E-state index in [0.29, 0.717) is 31.4 Å². The van der Waals surface area contributed by atoms with Crippen molar-refractivity contribution in [3.05, 3.63) is 47.8 Å². The second-order valence-electron chi connectivity index (χ2n) is 6.90. The first-order valence-electron chi connectivity index (χ1n) is 8.85. The minimum atomic E-state index is -0.786. The molecule has 1 amide bonds. The van der Waals surface area contributed by atoms with Crippen LogP contribution in [0.5, 0.6) is 5.75 Å². The molecule has 2 aliphatic rings. The van der Waals surface area contributed by atoms with Gasteiger partial charge in [-0.1, -0.05) is 6.07 Å². The summed E-state index contributed by atoms with van der Waals surface area (Å²) in [6, 6.07) is 7.73. The van der Waals surface area contributed by atoms with Crippen molar-refractivity contribution in [1.29, 1.82) is 0 Å². The molecule has 0 unspecified atom stereocenters. The number of hydrogen-bond donors (Lipinski definition) is 2. The van der Waals surface area contributed by atoms with E-state index in [1.54, 1.807) is 12.4 Å². The smallest absolute Gasteiger partial charge is 0.306 e. The van der Waals surface area contributed by atoms with E-state index in [2.05, 4.69) is 16.4 Å². The molecular weight excluding hydrogens is 332 g/mol.